The highest BCUT2D eigenvalue weighted by Crippen LogP contribution is 2.36. The molecule has 23 heavy (non-hydrogen) atoms. The normalized spacial score (nSPS) is 12.0. The first-order valence-corrected chi connectivity index (χ1v) is 7.31. The molecule has 0 radical (unpaired) electrons. The van der Waals surface area contributed by atoms with Crippen LogP contribution in [0.15, 0.2) is 33.2 Å². The van der Waals surface area contributed by atoms with E-state index in [0.717, 1.165) is 17.7 Å². The Balaban J connectivity index is 2.57. The lowest BCUT2D eigenvalue weighted by Gasteiger charge is -2.14. The molecule has 0 unspecified atom stereocenters. The van der Waals surface area contributed by atoms with Crippen LogP contribution < -0.4 is 11.2 Å². The Bertz CT molecular complexity index is 1020. The summed E-state index contributed by atoms with van der Waals surface area (Å²) in [5.41, 5.74) is -3.05. The predicted octanol–water partition coefficient (Wildman–Crippen LogP) is 2.38. The molecule has 0 amide bonds. The fraction of sp³-hybridized carbons (Fsp3) is 0.214. The second kappa shape index (κ2) is 5.05. The van der Waals surface area contributed by atoms with Gasteiger partial charge in [-0.25, -0.2) is 9.78 Å². The summed E-state index contributed by atoms with van der Waals surface area (Å²) in [5.74, 6) is 0. The zero-order chi connectivity index (χ0) is 16.9. The summed E-state index contributed by atoms with van der Waals surface area (Å²) < 4.78 is 41.9. The van der Waals surface area contributed by atoms with E-state index in [0.29, 0.717) is 9.44 Å². The first-order valence-electron chi connectivity index (χ1n) is 6.43. The van der Waals surface area contributed by atoms with Crippen LogP contribution in [0, 0.1) is 0 Å². The molecule has 3 aromatic heterocycles. The van der Waals surface area contributed by atoms with Gasteiger partial charge in [-0.05, 0) is 17.5 Å². The van der Waals surface area contributed by atoms with Crippen LogP contribution in [0.4, 0.5) is 13.2 Å². The van der Waals surface area contributed by atoms with Gasteiger partial charge < -0.3 is 0 Å². The summed E-state index contributed by atoms with van der Waals surface area (Å²) >= 11 is 1.22. The van der Waals surface area contributed by atoms with E-state index in [-0.39, 0.29) is 11.3 Å². The highest BCUT2D eigenvalue weighted by molar-refractivity contribution is 7.13. The predicted molar refractivity (Wildman–Crippen MR) is 80.5 cm³/mol. The summed E-state index contributed by atoms with van der Waals surface area (Å²) in [4.78, 5) is 28.8. The zero-order valence-electron chi connectivity index (χ0n) is 12.0. The van der Waals surface area contributed by atoms with Crippen LogP contribution in [0.25, 0.3) is 21.6 Å². The quantitative estimate of drug-likeness (QED) is 0.683. The van der Waals surface area contributed by atoms with Crippen molar-refractivity contribution in [3.63, 3.8) is 0 Å². The van der Waals surface area contributed by atoms with E-state index in [2.05, 4.69) is 4.98 Å². The lowest BCUT2D eigenvalue weighted by molar-refractivity contribution is -0.136. The van der Waals surface area contributed by atoms with Crippen molar-refractivity contribution in [1.29, 1.82) is 0 Å². The molecule has 0 bridgehead atoms. The van der Waals surface area contributed by atoms with Gasteiger partial charge in [0, 0.05) is 14.1 Å². The van der Waals surface area contributed by atoms with Crippen molar-refractivity contribution in [3.05, 3.63) is 50.0 Å². The van der Waals surface area contributed by atoms with Crippen LogP contribution >= 0.6 is 11.3 Å². The van der Waals surface area contributed by atoms with E-state index in [1.54, 1.807) is 17.5 Å². The smallest absolute Gasteiger partial charge is 0.280 e. The van der Waals surface area contributed by atoms with Crippen molar-refractivity contribution in [2.45, 2.75) is 6.18 Å². The van der Waals surface area contributed by atoms with Crippen LogP contribution in [-0.4, -0.2) is 14.1 Å². The largest absolute Gasteiger partial charge is 0.417 e. The van der Waals surface area contributed by atoms with Gasteiger partial charge in [-0.1, -0.05) is 6.07 Å². The minimum absolute atomic E-state index is 0.0723. The van der Waals surface area contributed by atoms with E-state index in [1.807, 2.05) is 0 Å². The topological polar surface area (TPSA) is 56.9 Å². The maximum atomic E-state index is 13.4. The number of rotatable bonds is 1. The van der Waals surface area contributed by atoms with Crippen molar-refractivity contribution in [2.24, 2.45) is 14.1 Å². The summed E-state index contributed by atoms with van der Waals surface area (Å²) in [7, 11) is 2.42. The number of aromatic nitrogens is 3. The van der Waals surface area contributed by atoms with Crippen LogP contribution in [-0.2, 0) is 20.3 Å². The highest BCUT2D eigenvalue weighted by Gasteiger charge is 2.36. The number of hydrogen-bond donors (Lipinski definition) is 0. The Morgan fingerprint density at radius 1 is 1.17 bits per heavy atom. The monoisotopic (exact) mass is 341 g/mol. The molecule has 9 heteroatoms. The molecule has 0 spiro atoms. The minimum Gasteiger partial charge on any atom is -0.280 e. The molecule has 0 atom stereocenters. The third kappa shape index (κ3) is 2.37. The molecule has 0 aliphatic carbocycles. The molecule has 0 N–H and O–H groups in total. The molecule has 3 aromatic rings. The van der Waals surface area contributed by atoms with Gasteiger partial charge in [0.1, 0.15) is 0 Å². The van der Waals surface area contributed by atoms with E-state index < -0.39 is 28.4 Å². The third-order valence-electron chi connectivity index (χ3n) is 3.49. The highest BCUT2D eigenvalue weighted by atomic mass is 32.1. The minimum atomic E-state index is -4.74. The number of aryl methyl sites for hydroxylation is 1. The number of alkyl halides is 3. The second-order valence-electron chi connectivity index (χ2n) is 4.93. The first-order chi connectivity index (χ1) is 10.7. The summed E-state index contributed by atoms with van der Waals surface area (Å²) in [6.07, 6.45) is -4.74. The van der Waals surface area contributed by atoms with E-state index in [9.17, 15) is 22.8 Å². The number of halogens is 3. The summed E-state index contributed by atoms with van der Waals surface area (Å²) in [5, 5.41) is 1.10. The zero-order valence-corrected chi connectivity index (χ0v) is 12.8. The van der Waals surface area contributed by atoms with Crippen LogP contribution in [0.2, 0.25) is 0 Å². The molecule has 0 saturated carbocycles. The molecule has 5 nitrogen and oxygen atoms in total. The number of nitrogens with zero attached hydrogens (tertiary/aromatic N) is 3. The lowest BCUT2D eigenvalue weighted by Crippen LogP contribution is -2.38. The second-order valence-corrected chi connectivity index (χ2v) is 5.88. The van der Waals surface area contributed by atoms with Gasteiger partial charge in [-0.3, -0.25) is 13.9 Å². The SMILES string of the molecule is Cn1c(=O)c2c(C(F)(F)F)cc(-c3cccs3)nc2n(C)c1=O. The fourth-order valence-electron chi connectivity index (χ4n) is 2.33. The standard InChI is InChI=1S/C14H10F3N3O2S/c1-19-11-10(12(21)20(2)13(19)22)7(14(15,16)17)6-8(18-11)9-4-3-5-23-9/h3-6H,1-2H3. The van der Waals surface area contributed by atoms with Gasteiger partial charge in [0.15, 0.2) is 5.65 Å². The van der Waals surface area contributed by atoms with Crippen molar-refractivity contribution >= 4 is 22.4 Å². The molecule has 3 rings (SSSR count). The van der Waals surface area contributed by atoms with Crippen LogP contribution in [0.3, 0.4) is 0 Å². The third-order valence-corrected chi connectivity index (χ3v) is 4.38. The van der Waals surface area contributed by atoms with Crippen molar-refractivity contribution in [3.8, 4) is 10.6 Å². The lowest BCUT2D eigenvalue weighted by atomic mass is 10.1. The Kier molecular flexibility index (Phi) is 3.40. The number of fused-ring (bicyclic) bond motifs is 1. The molecule has 0 saturated heterocycles. The van der Waals surface area contributed by atoms with Crippen molar-refractivity contribution < 1.29 is 13.2 Å². The van der Waals surface area contributed by atoms with Crippen LogP contribution in [0.1, 0.15) is 5.56 Å². The van der Waals surface area contributed by atoms with Gasteiger partial charge >= 0.3 is 11.9 Å². The molecule has 120 valence electrons. The molecule has 0 aliphatic heterocycles. The van der Waals surface area contributed by atoms with E-state index in [1.165, 1.54) is 18.4 Å². The van der Waals surface area contributed by atoms with Crippen molar-refractivity contribution in [2.75, 3.05) is 0 Å². The average molecular weight is 341 g/mol. The van der Waals surface area contributed by atoms with E-state index >= 15 is 0 Å². The Labute approximate surface area is 131 Å². The Morgan fingerprint density at radius 2 is 1.87 bits per heavy atom. The number of hydrogen-bond acceptors (Lipinski definition) is 4. The molecule has 0 aliphatic rings. The molecule has 0 fully saturated rings. The number of pyridine rings is 1. The number of thiophene rings is 1. The Hall–Kier alpha value is -2.42. The maximum absolute atomic E-state index is 13.4. The van der Waals surface area contributed by atoms with E-state index in [4.69, 9.17) is 0 Å². The van der Waals surface area contributed by atoms with Gasteiger partial charge in [-0.15, -0.1) is 11.3 Å². The summed E-state index contributed by atoms with van der Waals surface area (Å²) in [6.45, 7) is 0. The van der Waals surface area contributed by atoms with Gasteiger partial charge in [0.2, 0.25) is 0 Å². The first kappa shape index (κ1) is 15.5. The molecule has 3 heterocycles. The fourth-order valence-corrected chi connectivity index (χ4v) is 3.02. The summed E-state index contributed by atoms with van der Waals surface area (Å²) in [6, 6.07) is 4.15. The van der Waals surface area contributed by atoms with Gasteiger partial charge in [0.05, 0.1) is 21.5 Å². The molecule has 0 aromatic carbocycles. The van der Waals surface area contributed by atoms with Crippen LogP contribution in [0.5, 0.6) is 0 Å². The van der Waals surface area contributed by atoms with Crippen molar-refractivity contribution in [1.82, 2.24) is 14.1 Å². The van der Waals surface area contributed by atoms with Gasteiger partial charge in [-0.2, -0.15) is 13.2 Å². The molecular weight excluding hydrogens is 331 g/mol. The molecular formula is C14H10F3N3O2S. The average Bonchev–Trinajstić information content (AvgIpc) is 3.03. The van der Waals surface area contributed by atoms with Gasteiger partial charge in [0.25, 0.3) is 5.56 Å². The maximum Gasteiger partial charge on any atom is 0.417 e. The Morgan fingerprint density at radius 3 is 2.43 bits per heavy atom.